The summed E-state index contributed by atoms with van der Waals surface area (Å²) in [6.07, 6.45) is 1.86. The third-order valence-corrected chi connectivity index (χ3v) is 4.82. The van der Waals surface area contributed by atoms with Crippen molar-refractivity contribution < 1.29 is 14.3 Å². The number of anilines is 1. The first-order valence-electron chi connectivity index (χ1n) is 9.35. The highest BCUT2D eigenvalue weighted by molar-refractivity contribution is 7.80. The van der Waals surface area contributed by atoms with E-state index in [0.29, 0.717) is 41.7 Å². The van der Waals surface area contributed by atoms with Gasteiger partial charge in [-0.1, -0.05) is 35.3 Å². The van der Waals surface area contributed by atoms with Gasteiger partial charge < -0.3 is 20.7 Å². The maximum absolute atomic E-state index is 12.0. The van der Waals surface area contributed by atoms with Gasteiger partial charge in [-0.25, -0.2) is 0 Å². The first kappa shape index (κ1) is 23.9. The Hall–Kier alpha value is -2.35. The summed E-state index contributed by atoms with van der Waals surface area (Å²) in [6.45, 7) is 0.340. The van der Waals surface area contributed by atoms with Crippen LogP contribution in [0.2, 0.25) is 10.0 Å². The van der Waals surface area contributed by atoms with Crippen molar-refractivity contribution in [3.63, 3.8) is 0 Å². The second-order valence-corrected chi connectivity index (χ2v) is 7.65. The predicted octanol–water partition coefficient (Wildman–Crippen LogP) is 4.34. The lowest BCUT2D eigenvalue weighted by molar-refractivity contribution is -0.121. The molecule has 9 heteroatoms. The summed E-state index contributed by atoms with van der Waals surface area (Å²) in [5, 5.41) is 9.38. The maximum atomic E-state index is 12.0. The number of carbonyl (C=O) groups is 2. The van der Waals surface area contributed by atoms with Gasteiger partial charge in [0.1, 0.15) is 5.75 Å². The van der Waals surface area contributed by atoms with E-state index in [4.69, 9.17) is 40.2 Å². The van der Waals surface area contributed by atoms with E-state index < -0.39 is 0 Å². The average molecular weight is 468 g/mol. The Labute approximate surface area is 191 Å². The minimum absolute atomic E-state index is 0.00255. The van der Waals surface area contributed by atoms with E-state index in [0.717, 1.165) is 11.3 Å². The van der Waals surface area contributed by atoms with Crippen LogP contribution in [0.3, 0.4) is 0 Å². The minimum atomic E-state index is -0.208. The van der Waals surface area contributed by atoms with Gasteiger partial charge in [-0.15, -0.1) is 0 Å². The fourth-order valence-corrected chi connectivity index (χ4v) is 3.19. The largest absolute Gasteiger partial charge is 0.492 e. The highest BCUT2D eigenvalue weighted by Gasteiger charge is 2.07. The molecule has 0 aliphatic carbocycles. The quantitative estimate of drug-likeness (QED) is 0.377. The highest BCUT2D eigenvalue weighted by atomic mass is 35.5. The fourth-order valence-electron chi connectivity index (χ4n) is 2.50. The van der Waals surface area contributed by atoms with Gasteiger partial charge in [0.2, 0.25) is 11.8 Å². The van der Waals surface area contributed by atoms with Crippen LogP contribution in [0.5, 0.6) is 5.75 Å². The number of nitrogens with one attached hydrogen (secondary N) is 3. The molecule has 2 aromatic rings. The Morgan fingerprint density at radius 2 is 1.77 bits per heavy atom. The summed E-state index contributed by atoms with van der Waals surface area (Å²) >= 11 is 17.0. The van der Waals surface area contributed by atoms with Crippen LogP contribution in [-0.2, 0) is 16.0 Å². The van der Waals surface area contributed by atoms with Crippen LogP contribution < -0.4 is 20.7 Å². The number of thiocarbonyl (C=S) groups is 1. The number of carbonyl (C=O) groups excluding carboxylic acids is 2. The summed E-state index contributed by atoms with van der Waals surface area (Å²) in [4.78, 5) is 23.3. The van der Waals surface area contributed by atoms with Crippen molar-refractivity contribution >= 4 is 58.0 Å². The SMILES string of the molecule is CNC(=O)CCc1ccc(NC(=S)NC(=O)CCCOc2ccc(Cl)cc2Cl)cc1. The van der Waals surface area contributed by atoms with Gasteiger partial charge in [-0.05, 0) is 61.0 Å². The van der Waals surface area contributed by atoms with Crippen LogP contribution in [0.4, 0.5) is 5.69 Å². The van der Waals surface area contributed by atoms with E-state index in [1.165, 1.54) is 0 Å². The molecule has 0 saturated heterocycles. The summed E-state index contributed by atoms with van der Waals surface area (Å²) in [7, 11) is 1.62. The molecule has 0 aromatic heterocycles. The van der Waals surface area contributed by atoms with Gasteiger partial charge in [-0.2, -0.15) is 0 Å². The maximum Gasteiger partial charge on any atom is 0.226 e. The van der Waals surface area contributed by atoms with Gasteiger partial charge in [0, 0.05) is 30.6 Å². The monoisotopic (exact) mass is 467 g/mol. The van der Waals surface area contributed by atoms with E-state index in [9.17, 15) is 9.59 Å². The second-order valence-electron chi connectivity index (χ2n) is 6.40. The molecule has 0 aliphatic heterocycles. The third kappa shape index (κ3) is 8.57. The smallest absolute Gasteiger partial charge is 0.226 e. The average Bonchev–Trinajstić information content (AvgIpc) is 2.71. The molecule has 30 heavy (non-hydrogen) atoms. The summed E-state index contributed by atoms with van der Waals surface area (Å²) in [5.41, 5.74) is 1.80. The zero-order chi connectivity index (χ0) is 21.9. The standard InChI is InChI=1S/C21H23Cl2N3O3S/c1-24-19(27)11-6-14-4-8-16(9-5-14)25-21(30)26-20(28)3-2-12-29-18-10-7-15(22)13-17(18)23/h4-5,7-10,13H,2-3,6,11-12H2,1H3,(H,24,27)(H2,25,26,28,30). The molecule has 0 fully saturated rings. The Morgan fingerprint density at radius 3 is 2.43 bits per heavy atom. The Bertz CT molecular complexity index is 892. The molecule has 0 aliphatic rings. The minimum Gasteiger partial charge on any atom is -0.492 e. The lowest BCUT2D eigenvalue weighted by atomic mass is 10.1. The zero-order valence-corrected chi connectivity index (χ0v) is 18.8. The van der Waals surface area contributed by atoms with Gasteiger partial charge in [-0.3, -0.25) is 9.59 Å². The molecule has 2 aromatic carbocycles. The van der Waals surface area contributed by atoms with Crippen LogP contribution in [0.15, 0.2) is 42.5 Å². The summed E-state index contributed by atoms with van der Waals surface area (Å²) < 4.78 is 5.55. The number of hydrogen-bond donors (Lipinski definition) is 3. The zero-order valence-electron chi connectivity index (χ0n) is 16.5. The number of ether oxygens (including phenoxy) is 1. The highest BCUT2D eigenvalue weighted by Crippen LogP contribution is 2.27. The van der Waals surface area contributed by atoms with Gasteiger partial charge in [0.15, 0.2) is 5.11 Å². The molecular formula is C21H23Cl2N3O3S. The molecule has 0 unspecified atom stereocenters. The van der Waals surface area contributed by atoms with Crippen LogP contribution >= 0.6 is 35.4 Å². The molecular weight excluding hydrogens is 445 g/mol. The number of rotatable bonds is 9. The molecule has 0 saturated carbocycles. The second kappa shape index (κ2) is 12.4. The lowest BCUT2D eigenvalue weighted by Crippen LogP contribution is -2.34. The summed E-state index contributed by atoms with van der Waals surface area (Å²) in [5.74, 6) is 0.320. The van der Waals surface area contributed by atoms with E-state index in [1.807, 2.05) is 24.3 Å². The molecule has 2 rings (SSSR count). The normalized spacial score (nSPS) is 10.2. The van der Waals surface area contributed by atoms with Gasteiger partial charge in [0.25, 0.3) is 0 Å². The molecule has 0 radical (unpaired) electrons. The molecule has 0 heterocycles. The number of hydrogen-bond acceptors (Lipinski definition) is 4. The van der Waals surface area contributed by atoms with Crippen molar-refractivity contribution in [2.24, 2.45) is 0 Å². The lowest BCUT2D eigenvalue weighted by Gasteiger charge is -2.11. The van der Waals surface area contributed by atoms with Crippen molar-refractivity contribution in [2.45, 2.75) is 25.7 Å². The van der Waals surface area contributed by atoms with Crippen LogP contribution in [0, 0.1) is 0 Å². The van der Waals surface area contributed by atoms with Crippen molar-refractivity contribution in [3.05, 3.63) is 58.1 Å². The van der Waals surface area contributed by atoms with Crippen LogP contribution in [0.1, 0.15) is 24.8 Å². The Morgan fingerprint density at radius 1 is 1.03 bits per heavy atom. The van der Waals surface area contributed by atoms with E-state index in [1.54, 1.807) is 25.2 Å². The molecule has 0 atom stereocenters. The van der Waals surface area contributed by atoms with E-state index >= 15 is 0 Å². The van der Waals surface area contributed by atoms with Crippen molar-refractivity contribution in [3.8, 4) is 5.75 Å². The molecule has 2 amide bonds. The number of amides is 2. The molecule has 6 nitrogen and oxygen atoms in total. The first-order chi connectivity index (χ1) is 14.4. The van der Waals surface area contributed by atoms with Crippen molar-refractivity contribution in [1.29, 1.82) is 0 Å². The molecule has 160 valence electrons. The van der Waals surface area contributed by atoms with Crippen molar-refractivity contribution in [2.75, 3.05) is 19.0 Å². The van der Waals surface area contributed by atoms with E-state index in [2.05, 4.69) is 16.0 Å². The predicted molar refractivity (Wildman–Crippen MR) is 124 cm³/mol. The number of halogens is 2. The topological polar surface area (TPSA) is 79.5 Å². The summed E-state index contributed by atoms with van der Waals surface area (Å²) in [6, 6.07) is 12.5. The van der Waals surface area contributed by atoms with E-state index in [-0.39, 0.29) is 23.3 Å². The number of aryl methyl sites for hydroxylation is 1. The third-order valence-electron chi connectivity index (χ3n) is 4.08. The first-order valence-corrected chi connectivity index (χ1v) is 10.5. The van der Waals surface area contributed by atoms with Crippen molar-refractivity contribution in [1.82, 2.24) is 10.6 Å². The number of benzene rings is 2. The molecule has 3 N–H and O–H groups in total. The Balaban J connectivity index is 1.67. The molecule has 0 spiro atoms. The molecule has 0 bridgehead atoms. The van der Waals surface area contributed by atoms with Crippen LogP contribution in [0.25, 0.3) is 0 Å². The Kier molecular flexibility index (Phi) is 9.86. The fraction of sp³-hybridized carbons (Fsp3) is 0.286. The van der Waals surface area contributed by atoms with Gasteiger partial charge >= 0.3 is 0 Å². The van der Waals surface area contributed by atoms with Crippen LogP contribution in [-0.4, -0.2) is 30.6 Å². The van der Waals surface area contributed by atoms with Gasteiger partial charge in [0.05, 0.1) is 11.6 Å².